The first kappa shape index (κ1) is 20.7. The van der Waals surface area contributed by atoms with Crippen LogP contribution in [0, 0.1) is 5.41 Å². The number of ether oxygens (including phenoxy) is 1. The van der Waals surface area contributed by atoms with Crippen LogP contribution in [-0.4, -0.2) is 38.9 Å². The Hall–Kier alpha value is -2.89. The van der Waals surface area contributed by atoms with E-state index in [1.165, 1.54) is 6.07 Å². The highest BCUT2D eigenvalue weighted by Gasteiger charge is 2.51. The number of halogens is 3. The molecule has 8 nitrogen and oxygen atoms in total. The highest BCUT2D eigenvalue weighted by molar-refractivity contribution is 5.69. The Morgan fingerprint density at radius 2 is 2.00 bits per heavy atom. The molecule has 1 spiro atoms. The van der Waals surface area contributed by atoms with Gasteiger partial charge in [0.05, 0.1) is 29.9 Å². The molecule has 5 N–H and O–H groups in total. The van der Waals surface area contributed by atoms with Gasteiger partial charge >= 0.3 is 6.18 Å². The molecule has 0 radical (unpaired) electrons. The summed E-state index contributed by atoms with van der Waals surface area (Å²) in [7, 11) is 0. The summed E-state index contributed by atoms with van der Waals surface area (Å²) >= 11 is 0. The first-order chi connectivity index (χ1) is 15.7. The molecule has 0 bridgehead atoms. The van der Waals surface area contributed by atoms with Gasteiger partial charge in [0.15, 0.2) is 0 Å². The number of hydrogen-bond acceptors (Lipinski definition) is 6. The molecule has 2 unspecified atom stereocenters. The lowest BCUT2D eigenvalue weighted by Gasteiger charge is -2.54. The summed E-state index contributed by atoms with van der Waals surface area (Å²) < 4.78 is 48.1. The van der Waals surface area contributed by atoms with Crippen LogP contribution in [0.4, 0.5) is 19.0 Å². The summed E-state index contributed by atoms with van der Waals surface area (Å²) in [6.07, 6.45) is 0.335. The SMILES string of the molecule is Nc1c(C2OC2N)c(-c2cnn(Cc3cccc(C(F)(F)F)c3)c2)nn1C1CC2(CNC2)C1. The van der Waals surface area contributed by atoms with Gasteiger partial charge in [-0.05, 0) is 36.0 Å². The smallest absolute Gasteiger partial charge is 0.384 e. The number of hydrogen-bond donors (Lipinski definition) is 3. The van der Waals surface area contributed by atoms with Crippen LogP contribution in [-0.2, 0) is 17.5 Å². The Bertz CT molecular complexity index is 1210. The van der Waals surface area contributed by atoms with E-state index in [2.05, 4.69) is 10.4 Å². The number of rotatable bonds is 5. The molecule has 0 amide bonds. The number of aromatic nitrogens is 4. The predicted octanol–water partition coefficient (Wildman–Crippen LogP) is 2.68. The van der Waals surface area contributed by atoms with Crippen LogP contribution < -0.4 is 16.8 Å². The van der Waals surface area contributed by atoms with Gasteiger partial charge in [0.2, 0.25) is 0 Å². The second-order valence-corrected chi connectivity index (χ2v) is 9.40. The molecule has 2 atom stereocenters. The maximum absolute atomic E-state index is 13.0. The molecule has 174 valence electrons. The summed E-state index contributed by atoms with van der Waals surface area (Å²) in [6, 6.07) is 5.47. The van der Waals surface area contributed by atoms with Crippen molar-refractivity contribution >= 4 is 5.82 Å². The lowest BCUT2D eigenvalue weighted by molar-refractivity contribution is -0.137. The van der Waals surface area contributed by atoms with Crippen molar-refractivity contribution in [2.75, 3.05) is 18.8 Å². The standard InChI is InChI=1S/C22H24F3N7O/c23-22(24,25)14-3-1-2-12(4-14)8-31-9-13(7-29-31)17-16(18-20(27)33-18)19(26)32(30-17)15-5-21(6-15)10-28-11-21/h1-4,7,9,15,18,20,28H,5-6,8,10-11,26-27H2. The number of nitrogens with one attached hydrogen (secondary N) is 1. The molecule has 1 aliphatic carbocycles. The molecule has 11 heteroatoms. The third-order valence-electron chi connectivity index (χ3n) is 6.98. The molecule has 1 aromatic carbocycles. The van der Waals surface area contributed by atoms with Crippen LogP contribution in [0.1, 0.15) is 41.7 Å². The van der Waals surface area contributed by atoms with Gasteiger partial charge < -0.3 is 21.5 Å². The number of nitrogens with zero attached hydrogens (tertiary/aromatic N) is 4. The first-order valence-electron chi connectivity index (χ1n) is 10.9. The van der Waals surface area contributed by atoms with Gasteiger partial charge in [0.1, 0.15) is 23.8 Å². The largest absolute Gasteiger partial charge is 0.416 e. The summed E-state index contributed by atoms with van der Waals surface area (Å²) in [5.74, 6) is 0.556. The van der Waals surface area contributed by atoms with Crippen molar-refractivity contribution in [3.05, 3.63) is 53.3 Å². The molecule has 3 aliphatic rings. The van der Waals surface area contributed by atoms with Crippen molar-refractivity contribution in [1.82, 2.24) is 24.9 Å². The lowest BCUT2D eigenvalue weighted by atomic mass is 9.62. The molecule has 3 fully saturated rings. The topological polar surface area (TPSA) is 112 Å². The Kier molecular flexibility index (Phi) is 4.42. The zero-order valence-electron chi connectivity index (χ0n) is 17.7. The molecule has 2 aromatic heterocycles. The molecular weight excluding hydrogens is 435 g/mol. The van der Waals surface area contributed by atoms with Gasteiger partial charge in [-0.2, -0.15) is 23.4 Å². The van der Waals surface area contributed by atoms with Crippen molar-refractivity contribution in [3.8, 4) is 11.3 Å². The van der Waals surface area contributed by atoms with Crippen molar-refractivity contribution in [2.24, 2.45) is 11.1 Å². The maximum Gasteiger partial charge on any atom is 0.416 e. The fourth-order valence-corrected chi connectivity index (χ4v) is 5.07. The average molecular weight is 459 g/mol. The van der Waals surface area contributed by atoms with E-state index in [1.807, 2.05) is 4.68 Å². The summed E-state index contributed by atoms with van der Waals surface area (Å²) in [4.78, 5) is 0. The second-order valence-electron chi connectivity index (χ2n) is 9.40. The predicted molar refractivity (Wildman–Crippen MR) is 114 cm³/mol. The molecule has 1 saturated carbocycles. The molecule has 2 saturated heterocycles. The lowest BCUT2D eigenvalue weighted by Crippen LogP contribution is -2.60. The third kappa shape index (κ3) is 3.51. The zero-order chi connectivity index (χ0) is 23.0. The van der Waals surface area contributed by atoms with E-state index in [1.54, 1.807) is 23.1 Å². The van der Waals surface area contributed by atoms with Crippen molar-refractivity contribution < 1.29 is 17.9 Å². The molecule has 33 heavy (non-hydrogen) atoms. The number of nitrogen functional groups attached to an aromatic ring is 1. The molecule has 4 heterocycles. The average Bonchev–Trinajstić information content (AvgIpc) is 3.08. The fraction of sp³-hybridized carbons (Fsp3) is 0.455. The van der Waals surface area contributed by atoms with Crippen LogP contribution in [0.5, 0.6) is 0 Å². The van der Waals surface area contributed by atoms with Crippen molar-refractivity contribution in [2.45, 2.75) is 43.9 Å². The molecular formula is C22H24F3N7O. The third-order valence-corrected chi connectivity index (χ3v) is 6.98. The van der Waals surface area contributed by atoms with E-state index >= 15 is 0 Å². The minimum Gasteiger partial charge on any atom is -0.384 e. The number of alkyl halides is 3. The Labute approximate surface area is 187 Å². The Balaban J connectivity index is 1.28. The van der Waals surface area contributed by atoms with E-state index < -0.39 is 18.0 Å². The van der Waals surface area contributed by atoms with Crippen LogP contribution in [0.3, 0.4) is 0 Å². The minimum atomic E-state index is -4.39. The quantitative estimate of drug-likeness (QED) is 0.506. The van der Waals surface area contributed by atoms with Crippen LogP contribution in [0.15, 0.2) is 36.7 Å². The fourth-order valence-electron chi connectivity index (χ4n) is 5.07. The van der Waals surface area contributed by atoms with Gasteiger partial charge in [-0.15, -0.1) is 0 Å². The summed E-state index contributed by atoms with van der Waals surface area (Å²) in [5.41, 5.74) is 14.8. The van der Waals surface area contributed by atoms with E-state index in [-0.39, 0.29) is 18.7 Å². The van der Waals surface area contributed by atoms with Crippen LogP contribution >= 0.6 is 0 Å². The van der Waals surface area contributed by atoms with E-state index in [9.17, 15) is 13.2 Å². The van der Waals surface area contributed by atoms with Gasteiger partial charge in [0, 0.05) is 24.8 Å². The second kappa shape index (κ2) is 7.05. The highest BCUT2D eigenvalue weighted by Crippen LogP contribution is 2.53. The monoisotopic (exact) mass is 459 g/mol. The Morgan fingerprint density at radius 3 is 2.64 bits per heavy atom. The maximum atomic E-state index is 13.0. The minimum absolute atomic E-state index is 0.201. The van der Waals surface area contributed by atoms with E-state index in [0.717, 1.165) is 49.2 Å². The van der Waals surface area contributed by atoms with Crippen molar-refractivity contribution in [1.29, 1.82) is 0 Å². The van der Waals surface area contributed by atoms with Gasteiger partial charge in [0.25, 0.3) is 0 Å². The summed E-state index contributed by atoms with van der Waals surface area (Å²) in [5, 5.41) is 12.5. The number of epoxide rings is 1. The molecule has 6 rings (SSSR count). The first-order valence-corrected chi connectivity index (χ1v) is 10.9. The van der Waals surface area contributed by atoms with Crippen LogP contribution in [0.25, 0.3) is 11.3 Å². The highest BCUT2D eigenvalue weighted by atomic mass is 19.4. The van der Waals surface area contributed by atoms with Crippen molar-refractivity contribution in [3.63, 3.8) is 0 Å². The van der Waals surface area contributed by atoms with Gasteiger partial charge in [-0.25, -0.2) is 4.68 Å². The molecule has 3 aromatic rings. The Morgan fingerprint density at radius 1 is 1.24 bits per heavy atom. The summed E-state index contributed by atoms with van der Waals surface area (Å²) in [6.45, 7) is 2.26. The van der Waals surface area contributed by atoms with E-state index in [4.69, 9.17) is 21.3 Å². The number of nitrogens with two attached hydrogens (primary N) is 2. The molecule has 2 aliphatic heterocycles. The zero-order valence-corrected chi connectivity index (χ0v) is 17.7. The van der Waals surface area contributed by atoms with Crippen LogP contribution in [0.2, 0.25) is 0 Å². The van der Waals surface area contributed by atoms with Gasteiger partial charge in [-0.3, -0.25) is 4.68 Å². The number of benzene rings is 1. The normalized spacial score (nSPS) is 24.0. The van der Waals surface area contributed by atoms with Gasteiger partial charge in [-0.1, -0.05) is 12.1 Å². The van der Waals surface area contributed by atoms with E-state index in [0.29, 0.717) is 22.5 Å². The number of anilines is 1.